The van der Waals surface area contributed by atoms with Crippen LogP contribution in [0.1, 0.15) is 36.4 Å². The standard InChI is InChI=1S/C24H31NO6/c1-27-17-10-11-18(21(15-17)29-3)19-7-6-14-25(19)22(26)13-9-16-8-12-20(28-2)24(31-5)23(16)30-4/h8,10-12,15,19H,6-7,9,13-14H2,1-5H3. The van der Waals surface area contributed by atoms with E-state index in [2.05, 4.69) is 0 Å². The first-order valence-corrected chi connectivity index (χ1v) is 10.4. The van der Waals surface area contributed by atoms with Crippen LogP contribution < -0.4 is 23.7 Å². The average Bonchev–Trinajstić information content (AvgIpc) is 3.30. The third kappa shape index (κ3) is 4.65. The van der Waals surface area contributed by atoms with Crippen LogP contribution >= 0.6 is 0 Å². The number of methoxy groups -OCH3 is 5. The van der Waals surface area contributed by atoms with Crippen LogP contribution in [0.3, 0.4) is 0 Å². The highest BCUT2D eigenvalue weighted by Crippen LogP contribution is 2.41. The summed E-state index contributed by atoms with van der Waals surface area (Å²) < 4.78 is 27.2. The molecule has 1 heterocycles. The summed E-state index contributed by atoms with van der Waals surface area (Å²) in [5.41, 5.74) is 1.92. The van der Waals surface area contributed by atoms with Crippen LogP contribution in [0.2, 0.25) is 0 Å². The molecule has 1 fully saturated rings. The molecule has 1 saturated heterocycles. The molecule has 1 aliphatic rings. The molecule has 2 aromatic carbocycles. The van der Waals surface area contributed by atoms with Crippen LogP contribution in [0.4, 0.5) is 0 Å². The molecule has 0 N–H and O–H groups in total. The lowest BCUT2D eigenvalue weighted by molar-refractivity contribution is -0.132. The van der Waals surface area contributed by atoms with E-state index in [1.54, 1.807) is 35.5 Å². The molecule has 0 radical (unpaired) electrons. The molecule has 0 saturated carbocycles. The third-order valence-electron chi connectivity index (χ3n) is 5.77. The molecule has 168 valence electrons. The van der Waals surface area contributed by atoms with Gasteiger partial charge in [-0.3, -0.25) is 4.79 Å². The van der Waals surface area contributed by atoms with Crippen LogP contribution in [0.15, 0.2) is 30.3 Å². The van der Waals surface area contributed by atoms with Crippen molar-refractivity contribution in [3.8, 4) is 28.7 Å². The number of carbonyl (C=O) groups excluding carboxylic acids is 1. The lowest BCUT2D eigenvalue weighted by Crippen LogP contribution is -2.31. The molecule has 7 heteroatoms. The van der Waals surface area contributed by atoms with Gasteiger partial charge in [0.2, 0.25) is 11.7 Å². The highest BCUT2D eigenvalue weighted by molar-refractivity contribution is 5.78. The van der Waals surface area contributed by atoms with Crippen molar-refractivity contribution >= 4 is 5.91 Å². The van der Waals surface area contributed by atoms with E-state index in [1.165, 1.54) is 0 Å². The Balaban J connectivity index is 1.77. The number of rotatable bonds is 9. The summed E-state index contributed by atoms with van der Waals surface area (Å²) >= 11 is 0. The molecule has 0 aromatic heterocycles. The van der Waals surface area contributed by atoms with E-state index in [4.69, 9.17) is 23.7 Å². The van der Waals surface area contributed by atoms with Crippen LogP contribution in [0.5, 0.6) is 28.7 Å². The fourth-order valence-corrected chi connectivity index (χ4v) is 4.23. The quantitative estimate of drug-likeness (QED) is 0.600. The molecule has 0 spiro atoms. The van der Waals surface area contributed by atoms with Crippen molar-refractivity contribution in [3.05, 3.63) is 41.5 Å². The number of ether oxygens (including phenoxy) is 5. The normalized spacial score (nSPS) is 15.5. The summed E-state index contributed by atoms with van der Waals surface area (Å²) in [5, 5.41) is 0. The second-order valence-corrected chi connectivity index (χ2v) is 7.35. The van der Waals surface area contributed by atoms with Crippen LogP contribution in [0, 0.1) is 0 Å². The van der Waals surface area contributed by atoms with Crippen LogP contribution in [0.25, 0.3) is 0 Å². The highest BCUT2D eigenvalue weighted by Gasteiger charge is 2.32. The molecular weight excluding hydrogens is 398 g/mol. The summed E-state index contributed by atoms with van der Waals surface area (Å²) in [7, 11) is 8.02. The van der Waals surface area contributed by atoms with Crippen molar-refractivity contribution in [1.82, 2.24) is 4.90 Å². The fourth-order valence-electron chi connectivity index (χ4n) is 4.23. The Morgan fingerprint density at radius 2 is 1.65 bits per heavy atom. The van der Waals surface area contributed by atoms with E-state index >= 15 is 0 Å². The molecule has 1 atom stereocenters. The fraction of sp³-hybridized carbons (Fsp3) is 0.458. The van der Waals surface area contributed by atoms with Gasteiger partial charge in [0.15, 0.2) is 11.5 Å². The predicted octanol–water partition coefficient (Wildman–Crippen LogP) is 4.03. The van der Waals surface area contributed by atoms with Gasteiger partial charge in [0, 0.05) is 24.6 Å². The van der Waals surface area contributed by atoms with Gasteiger partial charge in [0.25, 0.3) is 0 Å². The smallest absolute Gasteiger partial charge is 0.223 e. The SMILES string of the molecule is COc1ccc(C2CCCN2C(=O)CCc2ccc(OC)c(OC)c2OC)c(OC)c1. The van der Waals surface area contributed by atoms with Crippen molar-refractivity contribution in [2.24, 2.45) is 0 Å². The van der Waals surface area contributed by atoms with Crippen molar-refractivity contribution < 1.29 is 28.5 Å². The first-order valence-electron chi connectivity index (χ1n) is 10.4. The highest BCUT2D eigenvalue weighted by atomic mass is 16.5. The van der Waals surface area contributed by atoms with Gasteiger partial charge in [-0.2, -0.15) is 0 Å². The van der Waals surface area contributed by atoms with Gasteiger partial charge >= 0.3 is 0 Å². The number of amides is 1. The van der Waals surface area contributed by atoms with Crippen molar-refractivity contribution in [1.29, 1.82) is 0 Å². The maximum Gasteiger partial charge on any atom is 0.223 e. The zero-order valence-corrected chi connectivity index (χ0v) is 18.9. The summed E-state index contributed by atoms with van der Waals surface area (Å²) in [6.07, 6.45) is 2.80. The minimum atomic E-state index is 0.000607. The molecule has 0 bridgehead atoms. The van der Waals surface area contributed by atoms with E-state index in [0.29, 0.717) is 30.1 Å². The largest absolute Gasteiger partial charge is 0.497 e. The van der Waals surface area contributed by atoms with Gasteiger partial charge < -0.3 is 28.6 Å². The molecule has 0 aliphatic carbocycles. The Kier molecular flexibility index (Phi) is 7.50. The van der Waals surface area contributed by atoms with E-state index in [9.17, 15) is 4.79 Å². The summed E-state index contributed by atoms with van der Waals surface area (Å²) in [4.78, 5) is 15.1. The van der Waals surface area contributed by atoms with Crippen LogP contribution in [-0.4, -0.2) is 52.9 Å². The van der Waals surface area contributed by atoms with E-state index in [-0.39, 0.29) is 11.9 Å². The summed E-state index contributed by atoms with van der Waals surface area (Å²) in [5.74, 6) is 3.32. The van der Waals surface area contributed by atoms with Gasteiger partial charge in [-0.15, -0.1) is 0 Å². The number of likely N-dealkylation sites (tertiary alicyclic amines) is 1. The Hall–Kier alpha value is -3.09. The zero-order chi connectivity index (χ0) is 22.4. The molecule has 2 aromatic rings. The van der Waals surface area contributed by atoms with Gasteiger partial charge in [-0.05, 0) is 43.0 Å². The number of hydrogen-bond donors (Lipinski definition) is 0. The topological polar surface area (TPSA) is 66.5 Å². The molecule has 1 amide bonds. The maximum atomic E-state index is 13.2. The van der Waals surface area contributed by atoms with Crippen molar-refractivity contribution in [2.45, 2.75) is 31.7 Å². The Labute approximate surface area is 183 Å². The predicted molar refractivity (Wildman–Crippen MR) is 118 cm³/mol. The van der Waals surface area contributed by atoms with Crippen molar-refractivity contribution in [3.63, 3.8) is 0 Å². The zero-order valence-electron chi connectivity index (χ0n) is 18.9. The number of hydrogen-bond acceptors (Lipinski definition) is 6. The minimum absolute atomic E-state index is 0.000607. The average molecular weight is 430 g/mol. The second kappa shape index (κ2) is 10.3. The van der Waals surface area contributed by atoms with E-state index in [0.717, 1.165) is 42.0 Å². The first-order chi connectivity index (χ1) is 15.1. The number of aryl methyl sites for hydroxylation is 1. The monoisotopic (exact) mass is 429 g/mol. The number of carbonyl (C=O) groups is 1. The number of nitrogens with zero attached hydrogens (tertiary/aromatic N) is 1. The lowest BCUT2D eigenvalue weighted by Gasteiger charge is -2.27. The van der Waals surface area contributed by atoms with Crippen LogP contribution in [-0.2, 0) is 11.2 Å². The van der Waals surface area contributed by atoms with E-state index < -0.39 is 0 Å². The second-order valence-electron chi connectivity index (χ2n) is 7.35. The summed E-state index contributed by atoms with van der Waals surface area (Å²) in [6.45, 7) is 0.738. The molecule has 31 heavy (non-hydrogen) atoms. The summed E-state index contributed by atoms with van der Waals surface area (Å²) in [6, 6.07) is 9.52. The van der Waals surface area contributed by atoms with Gasteiger partial charge in [-0.25, -0.2) is 0 Å². The third-order valence-corrected chi connectivity index (χ3v) is 5.77. The minimum Gasteiger partial charge on any atom is -0.497 e. The van der Waals surface area contributed by atoms with Gasteiger partial charge in [0.05, 0.1) is 41.6 Å². The molecular formula is C24H31NO6. The molecule has 1 unspecified atom stereocenters. The lowest BCUT2D eigenvalue weighted by atomic mass is 10.0. The Morgan fingerprint density at radius 3 is 2.29 bits per heavy atom. The Morgan fingerprint density at radius 1 is 0.903 bits per heavy atom. The molecule has 7 nitrogen and oxygen atoms in total. The van der Waals surface area contributed by atoms with Gasteiger partial charge in [-0.1, -0.05) is 6.07 Å². The molecule has 3 rings (SSSR count). The van der Waals surface area contributed by atoms with Crippen molar-refractivity contribution in [2.75, 3.05) is 42.1 Å². The van der Waals surface area contributed by atoms with E-state index in [1.807, 2.05) is 35.2 Å². The number of benzene rings is 2. The first kappa shape index (κ1) is 22.6. The van der Waals surface area contributed by atoms with Gasteiger partial charge in [0.1, 0.15) is 11.5 Å². The Bertz CT molecular complexity index is 913. The molecule has 1 aliphatic heterocycles. The maximum absolute atomic E-state index is 13.2.